The molecule has 1 heterocycles. The topological polar surface area (TPSA) is 101 Å². The molecular weight excluding hydrogens is 467 g/mol. The number of fused-ring (bicyclic) bond motifs is 1. The minimum Gasteiger partial charge on any atom is -0.308 e. The van der Waals surface area contributed by atoms with E-state index in [0.717, 1.165) is 38.0 Å². The Morgan fingerprint density at radius 1 is 1.06 bits per heavy atom. The summed E-state index contributed by atoms with van der Waals surface area (Å²) in [5.74, 6) is -1.33. The third-order valence-corrected chi connectivity index (χ3v) is 7.97. The van der Waals surface area contributed by atoms with E-state index < -0.39 is 37.3 Å². The fourth-order valence-corrected chi connectivity index (χ4v) is 5.93. The SMILES string of the molecule is CCCCCCCS(=O)(=O)c1ccc2c(c1)CCN2C(=O)c1cccc(F)c1NS(C)(=O)=O. The second kappa shape index (κ2) is 10.2. The second-order valence-electron chi connectivity index (χ2n) is 8.27. The van der Waals surface area contributed by atoms with Crippen LogP contribution in [0.3, 0.4) is 0 Å². The number of amides is 1. The first-order valence-electron chi connectivity index (χ1n) is 11.0. The Hall–Kier alpha value is -2.46. The lowest BCUT2D eigenvalue weighted by atomic mass is 10.1. The Kier molecular flexibility index (Phi) is 7.79. The molecule has 1 amide bonds. The van der Waals surface area contributed by atoms with Gasteiger partial charge in [-0.1, -0.05) is 38.7 Å². The van der Waals surface area contributed by atoms with Gasteiger partial charge in [-0.05, 0) is 48.7 Å². The maximum Gasteiger partial charge on any atom is 0.260 e. The van der Waals surface area contributed by atoms with Crippen LogP contribution in [-0.4, -0.2) is 41.3 Å². The molecule has 0 radical (unpaired) electrons. The molecule has 2 aromatic rings. The van der Waals surface area contributed by atoms with Crippen LogP contribution in [0.1, 0.15) is 54.9 Å². The molecule has 0 fully saturated rings. The van der Waals surface area contributed by atoms with E-state index in [1.807, 2.05) is 0 Å². The van der Waals surface area contributed by atoms with Crippen LogP contribution in [0.5, 0.6) is 0 Å². The van der Waals surface area contributed by atoms with Crippen LogP contribution >= 0.6 is 0 Å². The number of anilines is 2. The Morgan fingerprint density at radius 2 is 1.79 bits per heavy atom. The predicted molar refractivity (Wildman–Crippen MR) is 128 cm³/mol. The molecule has 180 valence electrons. The van der Waals surface area contributed by atoms with E-state index in [1.165, 1.54) is 23.1 Å². The van der Waals surface area contributed by atoms with Crippen LogP contribution in [0.25, 0.3) is 0 Å². The molecule has 1 aliphatic rings. The van der Waals surface area contributed by atoms with E-state index in [0.29, 0.717) is 24.1 Å². The molecule has 0 saturated heterocycles. The van der Waals surface area contributed by atoms with Crippen LogP contribution in [0.4, 0.5) is 15.8 Å². The van der Waals surface area contributed by atoms with Crippen molar-refractivity contribution in [2.45, 2.75) is 50.3 Å². The Morgan fingerprint density at radius 3 is 2.48 bits per heavy atom. The van der Waals surface area contributed by atoms with Gasteiger partial charge in [0, 0.05) is 12.2 Å². The van der Waals surface area contributed by atoms with Crippen molar-refractivity contribution in [2.24, 2.45) is 0 Å². The van der Waals surface area contributed by atoms with Crippen molar-refractivity contribution in [2.75, 3.05) is 28.2 Å². The summed E-state index contributed by atoms with van der Waals surface area (Å²) in [4.78, 5) is 14.8. The quantitative estimate of drug-likeness (QED) is 0.498. The van der Waals surface area contributed by atoms with E-state index in [2.05, 4.69) is 11.6 Å². The second-order valence-corrected chi connectivity index (χ2v) is 12.1. The summed E-state index contributed by atoms with van der Waals surface area (Å²) in [5.41, 5.74) is 0.735. The van der Waals surface area contributed by atoms with Crippen molar-refractivity contribution in [3.05, 3.63) is 53.3 Å². The van der Waals surface area contributed by atoms with Crippen molar-refractivity contribution in [3.63, 3.8) is 0 Å². The van der Waals surface area contributed by atoms with Gasteiger partial charge in [-0.15, -0.1) is 0 Å². The lowest BCUT2D eigenvalue weighted by Crippen LogP contribution is -2.30. The molecule has 0 unspecified atom stereocenters. The number of hydrogen-bond acceptors (Lipinski definition) is 5. The third-order valence-electron chi connectivity index (χ3n) is 5.60. The highest BCUT2D eigenvalue weighted by atomic mass is 32.2. The number of unbranched alkanes of at least 4 members (excludes halogenated alkanes) is 4. The molecule has 7 nitrogen and oxygen atoms in total. The fourth-order valence-electron chi connectivity index (χ4n) is 3.93. The van der Waals surface area contributed by atoms with Crippen LogP contribution in [0.15, 0.2) is 41.3 Å². The van der Waals surface area contributed by atoms with Crippen molar-refractivity contribution in [3.8, 4) is 0 Å². The van der Waals surface area contributed by atoms with Crippen LogP contribution in [-0.2, 0) is 26.3 Å². The van der Waals surface area contributed by atoms with Gasteiger partial charge in [0.1, 0.15) is 5.82 Å². The summed E-state index contributed by atoms with van der Waals surface area (Å²) in [7, 11) is -7.22. The number of nitrogens with zero attached hydrogens (tertiary/aromatic N) is 1. The van der Waals surface area contributed by atoms with Gasteiger partial charge in [0.2, 0.25) is 10.0 Å². The maximum atomic E-state index is 14.3. The summed E-state index contributed by atoms with van der Waals surface area (Å²) in [6, 6.07) is 8.45. The highest BCUT2D eigenvalue weighted by Crippen LogP contribution is 2.33. The number of nitrogens with one attached hydrogen (secondary N) is 1. The average Bonchev–Trinajstić information content (AvgIpc) is 3.17. The molecule has 1 aliphatic heterocycles. The zero-order valence-electron chi connectivity index (χ0n) is 18.8. The monoisotopic (exact) mass is 496 g/mol. The number of carbonyl (C=O) groups excluding carboxylic acids is 1. The van der Waals surface area contributed by atoms with Gasteiger partial charge in [-0.25, -0.2) is 21.2 Å². The van der Waals surface area contributed by atoms with Gasteiger partial charge in [-0.3, -0.25) is 9.52 Å². The number of halogens is 1. The van der Waals surface area contributed by atoms with Gasteiger partial charge in [-0.2, -0.15) is 0 Å². The van der Waals surface area contributed by atoms with Crippen molar-refractivity contribution in [1.82, 2.24) is 0 Å². The largest absolute Gasteiger partial charge is 0.308 e. The molecule has 0 atom stereocenters. The van der Waals surface area contributed by atoms with Gasteiger partial charge < -0.3 is 4.90 Å². The van der Waals surface area contributed by atoms with Crippen LogP contribution < -0.4 is 9.62 Å². The number of para-hydroxylation sites is 1. The lowest BCUT2D eigenvalue weighted by molar-refractivity contribution is 0.0990. The Balaban J connectivity index is 1.82. The minimum atomic E-state index is -3.80. The summed E-state index contributed by atoms with van der Waals surface area (Å²) < 4.78 is 65.1. The fraction of sp³-hybridized carbons (Fsp3) is 0.435. The third kappa shape index (κ3) is 6.11. The first kappa shape index (κ1) is 25.2. The van der Waals surface area contributed by atoms with E-state index in [1.54, 1.807) is 12.1 Å². The molecule has 0 saturated carbocycles. The molecular formula is C23H29FN2O5S2. The number of carbonyl (C=O) groups is 1. The zero-order chi connectivity index (χ0) is 24.2. The highest BCUT2D eigenvalue weighted by molar-refractivity contribution is 7.92. The summed E-state index contributed by atoms with van der Waals surface area (Å²) in [6.07, 6.45) is 6.01. The molecule has 0 bridgehead atoms. The van der Waals surface area contributed by atoms with Crippen LogP contribution in [0.2, 0.25) is 0 Å². The first-order valence-corrected chi connectivity index (χ1v) is 14.5. The van der Waals surface area contributed by atoms with E-state index in [-0.39, 0.29) is 22.8 Å². The number of sulfone groups is 1. The smallest absolute Gasteiger partial charge is 0.260 e. The van der Waals surface area contributed by atoms with E-state index in [4.69, 9.17) is 0 Å². The van der Waals surface area contributed by atoms with Gasteiger partial charge >= 0.3 is 0 Å². The number of rotatable bonds is 10. The Labute approximate surface area is 195 Å². The van der Waals surface area contributed by atoms with Crippen molar-refractivity contribution in [1.29, 1.82) is 0 Å². The Bertz CT molecular complexity index is 1240. The molecule has 3 rings (SSSR count). The van der Waals surface area contributed by atoms with Crippen molar-refractivity contribution >= 4 is 37.1 Å². The average molecular weight is 497 g/mol. The van der Waals surface area contributed by atoms with Gasteiger partial charge in [0.15, 0.2) is 9.84 Å². The maximum absolute atomic E-state index is 14.3. The number of benzene rings is 2. The van der Waals surface area contributed by atoms with Crippen LogP contribution in [0, 0.1) is 5.82 Å². The summed E-state index contributed by atoms with van der Waals surface area (Å²) in [5, 5.41) is 0. The predicted octanol–water partition coefficient (Wildman–Crippen LogP) is 4.14. The van der Waals surface area contributed by atoms with E-state index in [9.17, 15) is 26.0 Å². The number of hydrogen-bond donors (Lipinski definition) is 1. The summed E-state index contributed by atoms with van der Waals surface area (Å²) in [6.45, 7) is 2.39. The molecule has 0 spiro atoms. The molecule has 1 N–H and O–H groups in total. The number of sulfonamides is 1. The lowest BCUT2D eigenvalue weighted by Gasteiger charge is -2.20. The molecule has 0 aromatic heterocycles. The van der Waals surface area contributed by atoms with Gasteiger partial charge in [0.25, 0.3) is 5.91 Å². The molecule has 10 heteroatoms. The van der Waals surface area contributed by atoms with E-state index >= 15 is 0 Å². The standard InChI is InChI=1S/C23H29FN2O5S2/c1-3-4-5-6-7-15-33(30,31)18-11-12-21-17(16-18)13-14-26(21)23(27)19-9-8-10-20(24)22(19)25-32(2,28)29/h8-12,16,25H,3-7,13-15H2,1-2H3. The first-order chi connectivity index (χ1) is 15.5. The molecule has 2 aromatic carbocycles. The van der Waals surface area contributed by atoms with Crippen molar-refractivity contribution < 1.29 is 26.0 Å². The highest BCUT2D eigenvalue weighted by Gasteiger charge is 2.30. The molecule has 0 aliphatic carbocycles. The minimum absolute atomic E-state index is 0.0853. The normalized spacial score (nSPS) is 13.7. The summed E-state index contributed by atoms with van der Waals surface area (Å²) >= 11 is 0. The van der Waals surface area contributed by atoms with Gasteiger partial charge in [0.05, 0.1) is 28.2 Å². The zero-order valence-corrected chi connectivity index (χ0v) is 20.4. The molecule has 33 heavy (non-hydrogen) atoms.